The van der Waals surface area contributed by atoms with Crippen LogP contribution >= 0.6 is 0 Å². The summed E-state index contributed by atoms with van der Waals surface area (Å²) >= 11 is 0. The fourth-order valence-corrected chi connectivity index (χ4v) is 2.37. The second-order valence-electron chi connectivity index (χ2n) is 6.14. The second-order valence-corrected chi connectivity index (χ2v) is 6.14. The Morgan fingerprint density at radius 3 is 2.40 bits per heavy atom. The zero-order chi connectivity index (χ0) is 18.4. The molecular formula is C20H24N2O3. The topological polar surface area (TPSA) is 67.4 Å². The van der Waals surface area contributed by atoms with Gasteiger partial charge in [0.1, 0.15) is 6.54 Å². The minimum Gasteiger partial charge on any atom is -0.462 e. The van der Waals surface area contributed by atoms with Crippen LogP contribution < -0.4 is 10.6 Å². The van der Waals surface area contributed by atoms with E-state index in [2.05, 4.69) is 10.6 Å². The van der Waals surface area contributed by atoms with Crippen LogP contribution in [-0.4, -0.2) is 24.5 Å². The highest BCUT2D eigenvalue weighted by atomic mass is 16.5. The molecule has 5 nitrogen and oxygen atoms in total. The Kier molecular flexibility index (Phi) is 6.17. The van der Waals surface area contributed by atoms with Crippen molar-refractivity contribution in [2.75, 3.05) is 11.9 Å². The van der Waals surface area contributed by atoms with Crippen LogP contribution in [0.15, 0.2) is 42.5 Å². The third kappa shape index (κ3) is 5.08. The molecule has 2 aromatic carbocycles. The normalized spacial score (nSPS) is 10.4. The van der Waals surface area contributed by atoms with Gasteiger partial charge in [-0.15, -0.1) is 0 Å². The van der Waals surface area contributed by atoms with Crippen LogP contribution in [0, 0.1) is 13.8 Å². The van der Waals surface area contributed by atoms with Gasteiger partial charge in [-0.1, -0.05) is 24.3 Å². The molecular weight excluding hydrogens is 316 g/mol. The lowest BCUT2D eigenvalue weighted by Crippen LogP contribution is -2.32. The lowest BCUT2D eigenvalue weighted by molar-refractivity contribution is -0.146. The predicted molar refractivity (Wildman–Crippen MR) is 99.2 cm³/mol. The number of hydrogen-bond acceptors (Lipinski definition) is 4. The molecule has 0 aromatic heterocycles. The fraction of sp³-hybridized carbons (Fsp3) is 0.300. The number of aryl methyl sites for hydroxylation is 1. The molecule has 0 aliphatic heterocycles. The number of anilines is 2. The van der Waals surface area contributed by atoms with E-state index in [4.69, 9.17) is 4.74 Å². The van der Waals surface area contributed by atoms with Crippen molar-refractivity contribution in [3.63, 3.8) is 0 Å². The Morgan fingerprint density at radius 1 is 1.00 bits per heavy atom. The van der Waals surface area contributed by atoms with E-state index in [-0.39, 0.29) is 18.6 Å². The number of amides is 1. The molecule has 0 spiro atoms. The molecule has 0 unspecified atom stereocenters. The minimum atomic E-state index is -0.455. The van der Waals surface area contributed by atoms with Crippen molar-refractivity contribution in [1.82, 2.24) is 5.32 Å². The van der Waals surface area contributed by atoms with Crippen molar-refractivity contribution in [2.24, 2.45) is 0 Å². The van der Waals surface area contributed by atoms with E-state index in [1.165, 1.54) is 5.56 Å². The van der Waals surface area contributed by atoms with Crippen molar-refractivity contribution in [2.45, 2.75) is 33.8 Å². The maximum Gasteiger partial charge on any atom is 0.325 e. The average Bonchev–Trinajstić information content (AvgIpc) is 2.57. The second kappa shape index (κ2) is 8.33. The van der Waals surface area contributed by atoms with Gasteiger partial charge in [0.15, 0.2) is 0 Å². The minimum absolute atomic E-state index is 0.158. The Morgan fingerprint density at radius 2 is 1.68 bits per heavy atom. The smallest absolute Gasteiger partial charge is 0.325 e. The Balaban J connectivity index is 2.13. The van der Waals surface area contributed by atoms with Gasteiger partial charge in [-0.05, 0) is 57.0 Å². The molecule has 0 saturated carbocycles. The largest absolute Gasteiger partial charge is 0.462 e. The molecule has 0 aliphatic carbocycles. The van der Waals surface area contributed by atoms with Gasteiger partial charge in [-0.25, -0.2) is 0 Å². The summed E-state index contributed by atoms with van der Waals surface area (Å²) in [7, 11) is 0. The van der Waals surface area contributed by atoms with Crippen molar-refractivity contribution < 1.29 is 14.3 Å². The van der Waals surface area contributed by atoms with E-state index < -0.39 is 5.97 Å². The molecule has 2 N–H and O–H groups in total. The number of nitrogens with one attached hydrogen (secondary N) is 2. The summed E-state index contributed by atoms with van der Waals surface area (Å²) in [5.41, 5.74) is 4.40. The van der Waals surface area contributed by atoms with Gasteiger partial charge in [-0.2, -0.15) is 0 Å². The maximum atomic E-state index is 12.4. The predicted octanol–water partition coefficient (Wildman–Crippen LogP) is 3.73. The van der Waals surface area contributed by atoms with E-state index in [0.29, 0.717) is 11.3 Å². The van der Waals surface area contributed by atoms with E-state index >= 15 is 0 Å². The van der Waals surface area contributed by atoms with E-state index in [1.54, 1.807) is 26.0 Å². The monoisotopic (exact) mass is 340 g/mol. The molecule has 0 radical (unpaired) electrons. The highest BCUT2D eigenvalue weighted by Gasteiger charge is 2.14. The standard InChI is InChI=1S/C20H24N2O3/c1-13(2)25-19(23)12-21-20(24)16-9-5-6-10-18(16)22-17-11-7-8-14(3)15(17)4/h5-11,13,22H,12H2,1-4H3,(H,21,24). The van der Waals surface area contributed by atoms with Gasteiger partial charge in [0, 0.05) is 5.69 Å². The number of ether oxygens (including phenoxy) is 1. The summed E-state index contributed by atoms with van der Waals surface area (Å²) in [5, 5.41) is 5.91. The summed E-state index contributed by atoms with van der Waals surface area (Å²) in [4.78, 5) is 24.0. The molecule has 0 fully saturated rings. The van der Waals surface area contributed by atoms with E-state index in [0.717, 1.165) is 11.3 Å². The first kappa shape index (κ1) is 18.5. The molecule has 0 heterocycles. The lowest BCUT2D eigenvalue weighted by Gasteiger charge is -2.15. The molecule has 25 heavy (non-hydrogen) atoms. The number of carbonyl (C=O) groups excluding carboxylic acids is 2. The molecule has 132 valence electrons. The average molecular weight is 340 g/mol. The highest BCUT2D eigenvalue weighted by molar-refractivity contribution is 6.01. The molecule has 2 aromatic rings. The third-order valence-electron chi connectivity index (χ3n) is 3.81. The summed E-state index contributed by atoms with van der Waals surface area (Å²) in [6.07, 6.45) is -0.206. The SMILES string of the molecule is Cc1cccc(Nc2ccccc2C(=O)NCC(=O)OC(C)C)c1C. The van der Waals surface area contributed by atoms with Crippen LogP contribution in [0.25, 0.3) is 0 Å². The molecule has 0 atom stereocenters. The summed E-state index contributed by atoms with van der Waals surface area (Å²) in [6, 6.07) is 13.2. The Hall–Kier alpha value is -2.82. The zero-order valence-corrected chi connectivity index (χ0v) is 15.1. The molecule has 0 bridgehead atoms. The van der Waals surface area contributed by atoms with Gasteiger partial charge in [0.25, 0.3) is 5.91 Å². The van der Waals surface area contributed by atoms with Crippen LogP contribution in [-0.2, 0) is 9.53 Å². The summed E-state index contributed by atoms with van der Waals surface area (Å²) in [6.45, 7) is 7.45. The molecule has 1 amide bonds. The first-order chi connectivity index (χ1) is 11.9. The molecule has 5 heteroatoms. The van der Waals surface area contributed by atoms with Crippen LogP contribution in [0.4, 0.5) is 11.4 Å². The maximum absolute atomic E-state index is 12.4. The first-order valence-electron chi connectivity index (χ1n) is 8.28. The van der Waals surface area contributed by atoms with Crippen molar-refractivity contribution in [1.29, 1.82) is 0 Å². The Bertz CT molecular complexity index is 769. The van der Waals surface area contributed by atoms with Crippen molar-refractivity contribution in [3.8, 4) is 0 Å². The van der Waals surface area contributed by atoms with Gasteiger partial charge >= 0.3 is 5.97 Å². The molecule has 0 aliphatic rings. The number of para-hydroxylation sites is 1. The number of hydrogen-bond donors (Lipinski definition) is 2. The third-order valence-corrected chi connectivity index (χ3v) is 3.81. The van der Waals surface area contributed by atoms with Crippen LogP contribution in [0.1, 0.15) is 35.3 Å². The van der Waals surface area contributed by atoms with Gasteiger partial charge in [-0.3, -0.25) is 9.59 Å². The zero-order valence-electron chi connectivity index (χ0n) is 15.1. The fourth-order valence-electron chi connectivity index (χ4n) is 2.37. The lowest BCUT2D eigenvalue weighted by atomic mass is 10.1. The van der Waals surface area contributed by atoms with E-state index in [1.807, 2.05) is 44.2 Å². The van der Waals surface area contributed by atoms with Crippen LogP contribution in [0.5, 0.6) is 0 Å². The molecule has 0 saturated heterocycles. The summed E-state index contributed by atoms with van der Waals surface area (Å²) in [5.74, 6) is -0.780. The van der Waals surface area contributed by atoms with E-state index in [9.17, 15) is 9.59 Å². The van der Waals surface area contributed by atoms with Gasteiger partial charge in [0.05, 0.1) is 17.4 Å². The quantitative estimate of drug-likeness (QED) is 0.786. The van der Waals surface area contributed by atoms with Gasteiger partial charge < -0.3 is 15.4 Å². The van der Waals surface area contributed by atoms with Crippen LogP contribution in [0.3, 0.4) is 0 Å². The number of esters is 1. The molecule has 2 rings (SSSR count). The van der Waals surface area contributed by atoms with Crippen LogP contribution in [0.2, 0.25) is 0 Å². The number of benzene rings is 2. The first-order valence-corrected chi connectivity index (χ1v) is 8.28. The Labute approximate surface area is 148 Å². The number of rotatable bonds is 6. The summed E-state index contributed by atoms with van der Waals surface area (Å²) < 4.78 is 5.02. The highest BCUT2D eigenvalue weighted by Crippen LogP contribution is 2.25. The van der Waals surface area contributed by atoms with Crippen molar-refractivity contribution >= 4 is 23.3 Å². The van der Waals surface area contributed by atoms with Crippen molar-refractivity contribution in [3.05, 3.63) is 59.2 Å². The van der Waals surface area contributed by atoms with Gasteiger partial charge in [0.2, 0.25) is 0 Å². The number of carbonyl (C=O) groups is 2.